The topological polar surface area (TPSA) is 75.0 Å². The molecule has 5 heteroatoms. The number of ether oxygens (including phenoxy) is 1. The summed E-state index contributed by atoms with van der Waals surface area (Å²) in [5, 5.41) is 11.7. The monoisotopic (exact) mass is 261 g/mol. The van der Waals surface area contributed by atoms with Crippen LogP contribution in [0.2, 0.25) is 0 Å². The Morgan fingerprint density at radius 2 is 2.21 bits per heavy atom. The summed E-state index contributed by atoms with van der Waals surface area (Å²) in [5.74, 6) is 0. The van der Waals surface area contributed by atoms with Crippen LogP contribution in [0.4, 0.5) is 4.79 Å². The Kier molecular flexibility index (Phi) is 4.87. The van der Waals surface area contributed by atoms with Crippen LogP contribution in [0.3, 0.4) is 0 Å². The van der Waals surface area contributed by atoms with Gasteiger partial charge in [0, 0.05) is 19.2 Å². The molecule has 0 aliphatic rings. The van der Waals surface area contributed by atoms with Crippen LogP contribution < -0.4 is 5.32 Å². The molecule has 1 aromatic rings. The van der Waals surface area contributed by atoms with E-state index < -0.39 is 11.7 Å². The van der Waals surface area contributed by atoms with E-state index in [0.29, 0.717) is 24.2 Å². The Labute approximate surface area is 113 Å². The van der Waals surface area contributed by atoms with Crippen LogP contribution in [0.5, 0.6) is 0 Å². The SMILES string of the molecule is Cc1ccnc(CCNC(=O)OC(C)(C)C)c1C#N. The molecule has 0 unspecified atom stereocenters. The number of pyridine rings is 1. The van der Waals surface area contributed by atoms with Gasteiger partial charge < -0.3 is 10.1 Å². The molecular formula is C14H19N3O2. The molecule has 0 aliphatic heterocycles. The summed E-state index contributed by atoms with van der Waals surface area (Å²) in [6, 6.07) is 3.93. The van der Waals surface area contributed by atoms with Crippen molar-refractivity contribution in [1.82, 2.24) is 10.3 Å². The molecule has 0 fully saturated rings. The van der Waals surface area contributed by atoms with Crippen LogP contribution >= 0.6 is 0 Å². The van der Waals surface area contributed by atoms with E-state index in [1.807, 2.05) is 27.7 Å². The van der Waals surface area contributed by atoms with Gasteiger partial charge in [0.25, 0.3) is 0 Å². The maximum atomic E-state index is 11.5. The van der Waals surface area contributed by atoms with Gasteiger partial charge in [0.2, 0.25) is 0 Å². The third-order valence-corrected chi connectivity index (χ3v) is 2.38. The standard InChI is InChI=1S/C14H19N3O2/c1-10-5-7-16-12(11(10)9-15)6-8-17-13(18)19-14(2,3)4/h5,7H,6,8H2,1-4H3,(H,17,18). The second kappa shape index (κ2) is 6.19. The van der Waals surface area contributed by atoms with Gasteiger partial charge in [-0.2, -0.15) is 5.26 Å². The normalized spacial score (nSPS) is 10.7. The summed E-state index contributed by atoms with van der Waals surface area (Å²) in [6.07, 6.45) is 1.71. The van der Waals surface area contributed by atoms with E-state index in [1.54, 1.807) is 12.3 Å². The molecule has 0 saturated heterocycles. The number of nitrogens with zero attached hydrogens (tertiary/aromatic N) is 2. The minimum atomic E-state index is -0.510. The van der Waals surface area contributed by atoms with E-state index in [4.69, 9.17) is 10.00 Å². The van der Waals surface area contributed by atoms with Gasteiger partial charge in [0.05, 0.1) is 11.3 Å². The lowest BCUT2D eigenvalue weighted by Crippen LogP contribution is -2.33. The predicted octanol–water partition coefficient (Wildman–Crippen LogP) is 2.33. The number of hydrogen-bond acceptors (Lipinski definition) is 4. The van der Waals surface area contributed by atoms with Crippen molar-refractivity contribution in [2.45, 2.75) is 39.7 Å². The molecule has 1 N–H and O–H groups in total. The molecule has 5 nitrogen and oxygen atoms in total. The van der Waals surface area contributed by atoms with E-state index in [1.165, 1.54) is 0 Å². The van der Waals surface area contributed by atoms with Crippen molar-refractivity contribution < 1.29 is 9.53 Å². The highest BCUT2D eigenvalue weighted by Crippen LogP contribution is 2.10. The summed E-state index contributed by atoms with van der Waals surface area (Å²) in [4.78, 5) is 15.6. The molecule has 0 bridgehead atoms. The highest BCUT2D eigenvalue weighted by molar-refractivity contribution is 5.67. The summed E-state index contributed by atoms with van der Waals surface area (Å²) in [6.45, 7) is 7.68. The maximum absolute atomic E-state index is 11.5. The lowest BCUT2D eigenvalue weighted by molar-refractivity contribution is 0.0528. The van der Waals surface area contributed by atoms with Crippen LogP contribution in [0.1, 0.15) is 37.6 Å². The van der Waals surface area contributed by atoms with Crippen molar-refractivity contribution in [1.29, 1.82) is 5.26 Å². The molecule has 102 valence electrons. The summed E-state index contributed by atoms with van der Waals surface area (Å²) in [5.41, 5.74) is 1.65. The first-order chi connectivity index (χ1) is 8.83. The molecular weight excluding hydrogens is 242 g/mol. The molecule has 0 saturated carbocycles. The Morgan fingerprint density at radius 3 is 2.79 bits per heavy atom. The number of carbonyl (C=O) groups is 1. The molecule has 0 aromatic carbocycles. The number of aromatic nitrogens is 1. The van der Waals surface area contributed by atoms with Gasteiger partial charge >= 0.3 is 6.09 Å². The van der Waals surface area contributed by atoms with Gasteiger partial charge in [-0.1, -0.05) is 0 Å². The number of nitrogens with one attached hydrogen (secondary N) is 1. The average molecular weight is 261 g/mol. The lowest BCUT2D eigenvalue weighted by atomic mass is 10.1. The second-order valence-corrected chi connectivity index (χ2v) is 5.24. The Bertz CT molecular complexity index is 498. The average Bonchev–Trinajstić information content (AvgIpc) is 2.26. The summed E-state index contributed by atoms with van der Waals surface area (Å²) >= 11 is 0. The maximum Gasteiger partial charge on any atom is 0.407 e. The molecule has 0 radical (unpaired) electrons. The van der Waals surface area contributed by atoms with Gasteiger partial charge in [-0.3, -0.25) is 4.98 Å². The van der Waals surface area contributed by atoms with E-state index >= 15 is 0 Å². The highest BCUT2D eigenvalue weighted by Gasteiger charge is 2.15. The van der Waals surface area contributed by atoms with Crippen molar-refractivity contribution in [3.05, 3.63) is 29.1 Å². The van der Waals surface area contributed by atoms with Crippen molar-refractivity contribution in [3.63, 3.8) is 0 Å². The van der Waals surface area contributed by atoms with Crippen molar-refractivity contribution in [2.24, 2.45) is 0 Å². The Hall–Kier alpha value is -2.09. The predicted molar refractivity (Wildman–Crippen MR) is 71.6 cm³/mol. The van der Waals surface area contributed by atoms with Gasteiger partial charge in [0.1, 0.15) is 11.7 Å². The van der Waals surface area contributed by atoms with Crippen LogP contribution in [-0.4, -0.2) is 23.2 Å². The van der Waals surface area contributed by atoms with Crippen LogP contribution in [0.25, 0.3) is 0 Å². The van der Waals surface area contributed by atoms with Gasteiger partial charge in [-0.05, 0) is 39.3 Å². The largest absolute Gasteiger partial charge is 0.444 e. The van der Waals surface area contributed by atoms with Gasteiger partial charge in [0.15, 0.2) is 0 Å². The van der Waals surface area contributed by atoms with Crippen molar-refractivity contribution in [3.8, 4) is 6.07 Å². The molecule has 0 aliphatic carbocycles. The zero-order valence-corrected chi connectivity index (χ0v) is 11.8. The zero-order valence-electron chi connectivity index (χ0n) is 11.8. The fourth-order valence-electron chi connectivity index (χ4n) is 1.55. The Balaban J connectivity index is 2.53. The smallest absolute Gasteiger partial charge is 0.407 e. The lowest BCUT2D eigenvalue weighted by Gasteiger charge is -2.19. The third-order valence-electron chi connectivity index (χ3n) is 2.38. The molecule has 19 heavy (non-hydrogen) atoms. The number of alkyl carbamates (subject to hydrolysis) is 1. The Morgan fingerprint density at radius 1 is 1.53 bits per heavy atom. The van der Waals surface area contributed by atoms with E-state index in [9.17, 15) is 4.79 Å². The van der Waals surface area contributed by atoms with Gasteiger partial charge in [-0.15, -0.1) is 0 Å². The molecule has 1 heterocycles. The first-order valence-corrected chi connectivity index (χ1v) is 6.15. The number of carbonyl (C=O) groups excluding carboxylic acids is 1. The van der Waals surface area contributed by atoms with Crippen LogP contribution in [-0.2, 0) is 11.2 Å². The molecule has 0 atom stereocenters. The fraction of sp³-hybridized carbons (Fsp3) is 0.500. The number of rotatable bonds is 3. The number of nitriles is 1. The van der Waals surface area contributed by atoms with Crippen LogP contribution in [0, 0.1) is 18.3 Å². The minimum Gasteiger partial charge on any atom is -0.444 e. The minimum absolute atomic E-state index is 0.389. The zero-order chi connectivity index (χ0) is 14.5. The fourth-order valence-corrected chi connectivity index (χ4v) is 1.55. The highest BCUT2D eigenvalue weighted by atomic mass is 16.6. The van der Waals surface area contributed by atoms with E-state index in [-0.39, 0.29) is 0 Å². The quantitative estimate of drug-likeness (QED) is 0.906. The first kappa shape index (κ1) is 15.0. The second-order valence-electron chi connectivity index (χ2n) is 5.24. The van der Waals surface area contributed by atoms with Crippen LogP contribution in [0.15, 0.2) is 12.3 Å². The number of aryl methyl sites for hydroxylation is 1. The summed E-state index contributed by atoms with van der Waals surface area (Å²) in [7, 11) is 0. The summed E-state index contributed by atoms with van der Waals surface area (Å²) < 4.78 is 5.12. The third kappa shape index (κ3) is 4.96. The number of amides is 1. The molecule has 1 aromatic heterocycles. The molecule has 1 rings (SSSR count). The van der Waals surface area contributed by atoms with Crippen molar-refractivity contribution in [2.75, 3.05) is 6.54 Å². The molecule has 0 spiro atoms. The van der Waals surface area contributed by atoms with E-state index in [0.717, 1.165) is 5.56 Å². The van der Waals surface area contributed by atoms with Crippen molar-refractivity contribution >= 4 is 6.09 Å². The first-order valence-electron chi connectivity index (χ1n) is 6.15. The molecule has 1 amide bonds. The van der Waals surface area contributed by atoms with E-state index in [2.05, 4.69) is 16.4 Å². The number of hydrogen-bond donors (Lipinski definition) is 1. The van der Waals surface area contributed by atoms with Gasteiger partial charge in [-0.25, -0.2) is 4.79 Å².